The van der Waals surface area contributed by atoms with Crippen molar-refractivity contribution in [2.75, 3.05) is 19.8 Å². The summed E-state index contributed by atoms with van der Waals surface area (Å²) < 4.78 is 0. The number of amides is 2. The maximum atomic E-state index is 12.8. The smallest absolute Gasteiger partial charge is 0.353 e. The molecule has 2 atom stereocenters. The molecule has 12 heteroatoms. The number of fused-ring (bicyclic) bond motifs is 1. The lowest BCUT2D eigenvalue weighted by atomic mass is 10.0. The largest absolute Gasteiger partial charge is 0.477 e. The molecule has 0 aromatic carbocycles. The second kappa shape index (κ2) is 8.81. The standard InChI is InChI=1S/C19H19N5O4S3/c1-23(2)9-21-19-20-7-12(31-19)11-8-30-17-14(16(26)24(17)15(11)18(27)28)22-13(25)6-10-4-3-5-29-10/h3-5,7,9,14,17H,6,8H2,1-2H3,(H,22,25)(H,27,28). The lowest BCUT2D eigenvalue weighted by molar-refractivity contribution is -0.150. The van der Waals surface area contributed by atoms with Crippen LogP contribution in [-0.2, 0) is 20.8 Å². The Morgan fingerprint density at radius 3 is 2.94 bits per heavy atom. The molecule has 2 N–H and O–H groups in total. The highest BCUT2D eigenvalue weighted by atomic mass is 32.2. The summed E-state index contributed by atoms with van der Waals surface area (Å²) in [6.45, 7) is 0. The van der Waals surface area contributed by atoms with Gasteiger partial charge in [0.1, 0.15) is 17.1 Å². The van der Waals surface area contributed by atoms with Gasteiger partial charge in [0.15, 0.2) is 0 Å². The van der Waals surface area contributed by atoms with Crippen LogP contribution in [0.15, 0.2) is 34.4 Å². The molecule has 162 valence electrons. The molecule has 2 unspecified atom stereocenters. The van der Waals surface area contributed by atoms with Gasteiger partial charge in [-0.3, -0.25) is 14.5 Å². The lowest BCUT2D eigenvalue weighted by Gasteiger charge is -2.49. The maximum absolute atomic E-state index is 12.8. The molecule has 1 saturated heterocycles. The SMILES string of the molecule is CN(C)C=Nc1ncc(C2=C(C(=O)O)N3C(=O)C(NC(=O)Cc4cccs4)C3SC2)s1. The molecule has 0 saturated carbocycles. The van der Waals surface area contributed by atoms with Gasteiger partial charge in [-0.15, -0.1) is 23.1 Å². The molecule has 9 nitrogen and oxygen atoms in total. The van der Waals surface area contributed by atoms with E-state index in [1.54, 1.807) is 17.4 Å². The van der Waals surface area contributed by atoms with Crippen molar-refractivity contribution in [1.29, 1.82) is 0 Å². The van der Waals surface area contributed by atoms with E-state index in [4.69, 9.17) is 0 Å². The molecular weight excluding hydrogens is 458 g/mol. The van der Waals surface area contributed by atoms with Crippen LogP contribution in [0, 0.1) is 0 Å². The highest BCUT2D eigenvalue weighted by Gasteiger charge is 2.54. The van der Waals surface area contributed by atoms with E-state index in [1.807, 2.05) is 31.6 Å². The number of carbonyl (C=O) groups excluding carboxylic acids is 2. The van der Waals surface area contributed by atoms with Crippen LogP contribution in [0.3, 0.4) is 0 Å². The van der Waals surface area contributed by atoms with E-state index in [0.717, 1.165) is 4.88 Å². The quantitative estimate of drug-likeness (QED) is 0.355. The van der Waals surface area contributed by atoms with Gasteiger partial charge < -0.3 is 15.3 Å². The predicted molar refractivity (Wildman–Crippen MR) is 122 cm³/mol. The number of aromatic nitrogens is 1. The molecule has 4 rings (SSSR count). The number of thiophene rings is 1. The van der Waals surface area contributed by atoms with Crippen LogP contribution in [-0.4, -0.2) is 75.3 Å². The molecule has 31 heavy (non-hydrogen) atoms. The zero-order valence-electron chi connectivity index (χ0n) is 16.6. The zero-order valence-corrected chi connectivity index (χ0v) is 19.1. The Labute approximate surface area is 190 Å². The van der Waals surface area contributed by atoms with Gasteiger partial charge in [-0.1, -0.05) is 17.4 Å². The van der Waals surface area contributed by atoms with Crippen LogP contribution in [0.1, 0.15) is 9.75 Å². The Hall–Kier alpha value is -2.70. The third kappa shape index (κ3) is 4.36. The molecule has 0 radical (unpaired) electrons. The van der Waals surface area contributed by atoms with Crippen LogP contribution in [0.2, 0.25) is 0 Å². The number of hydrogen-bond acceptors (Lipinski definition) is 8. The summed E-state index contributed by atoms with van der Waals surface area (Å²) in [5.74, 6) is -1.45. The third-order valence-electron chi connectivity index (χ3n) is 4.59. The number of carboxylic acids is 1. The number of nitrogens with zero attached hydrogens (tertiary/aromatic N) is 4. The summed E-state index contributed by atoms with van der Waals surface area (Å²) in [7, 11) is 3.68. The number of aliphatic imine (C=N–C) groups is 1. The summed E-state index contributed by atoms with van der Waals surface area (Å²) in [5.41, 5.74) is 0.485. The summed E-state index contributed by atoms with van der Waals surface area (Å²) in [4.78, 5) is 50.2. The number of thiazole rings is 1. The average Bonchev–Trinajstić information content (AvgIpc) is 3.41. The zero-order chi connectivity index (χ0) is 22.1. The first-order chi connectivity index (χ1) is 14.8. The fraction of sp³-hybridized carbons (Fsp3) is 0.316. The topological polar surface area (TPSA) is 115 Å². The van der Waals surface area contributed by atoms with E-state index in [1.165, 1.54) is 39.3 Å². The first-order valence-electron chi connectivity index (χ1n) is 9.25. The van der Waals surface area contributed by atoms with E-state index in [-0.39, 0.29) is 18.0 Å². The first kappa shape index (κ1) is 21.5. The average molecular weight is 478 g/mol. The minimum Gasteiger partial charge on any atom is -0.477 e. The lowest BCUT2D eigenvalue weighted by Crippen LogP contribution is -2.70. The maximum Gasteiger partial charge on any atom is 0.353 e. The van der Waals surface area contributed by atoms with E-state index in [2.05, 4.69) is 15.3 Å². The molecule has 0 spiro atoms. The minimum atomic E-state index is -1.18. The summed E-state index contributed by atoms with van der Waals surface area (Å²) in [5, 5.41) is 14.5. The van der Waals surface area contributed by atoms with Gasteiger partial charge in [0, 0.05) is 36.5 Å². The van der Waals surface area contributed by atoms with Crippen molar-refractivity contribution in [2.24, 2.45) is 4.99 Å². The van der Waals surface area contributed by atoms with Crippen molar-refractivity contribution in [2.45, 2.75) is 17.8 Å². The number of carboxylic acid groups (broad SMARTS) is 1. The molecule has 2 aromatic rings. The van der Waals surface area contributed by atoms with Crippen LogP contribution in [0.25, 0.3) is 5.57 Å². The normalized spacial score (nSPS) is 20.6. The van der Waals surface area contributed by atoms with Gasteiger partial charge in [0.2, 0.25) is 11.0 Å². The molecule has 0 aliphatic carbocycles. The fourth-order valence-corrected chi connectivity index (χ4v) is 6.19. The van der Waals surface area contributed by atoms with Crippen LogP contribution in [0.5, 0.6) is 0 Å². The van der Waals surface area contributed by atoms with E-state index in [9.17, 15) is 19.5 Å². The highest BCUT2D eigenvalue weighted by Crippen LogP contribution is 2.44. The number of nitrogens with one attached hydrogen (secondary N) is 1. The van der Waals surface area contributed by atoms with Gasteiger partial charge in [0.05, 0.1) is 17.6 Å². The Kier molecular flexibility index (Phi) is 6.12. The summed E-state index contributed by atoms with van der Waals surface area (Å²) in [6, 6.07) is 3.00. The molecular formula is C19H19N5O4S3. The van der Waals surface area contributed by atoms with Crippen molar-refractivity contribution in [3.8, 4) is 0 Å². The second-order valence-electron chi connectivity index (χ2n) is 7.06. The highest BCUT2D eigenvalue weighted by molar-refractivity contribution is 8.00. The molecule has 2 aliphatic heterocycles. The fourth-order valence-electron chi connectivity index (χ4n) is 3.23. The number of thioether (sulfide) groups is 1. The van der Waals surface area contributed by atoms with E-state index < -0.39 is 23.3 Å². The molecule has 1 fully saturated rings. The van der Waals surface area contributed by atoms with E-state index in [0.29, 0.717) is 21.3 Å². The van der Waals surface area contributed by atoms with Crippen LogP contribution < -0.4 is 5.32 Å². The second-order valence-corrected chi connectivity index (χ2v) is 10.2. The van der Waals surface area contributed by atoms with Gasteiger partial charge in [0.25, 0.3) is 5.91 Å². The van der Waals surface area contributed by atoms with Gasteiger partial charge in [-0.05, 0) is 11.4 Å². The summed E-state index contributed by atoms with van der Waals surface area (Å²) in [6.07, 6.45) is 3.39. The Balaban J connectivity index is 1.52. The van der Waals surface area contributed by atoms with E-state index >= 15 is 0 Å². The number of aliphatic carboxylic acids is 1. The predicted octanol–water partition coefficient (Wildman–Crippen LogP) is 1.86. The molecule has 4 heterocycles. The molecule has 2 amide bonds. The summed E-state index contributed by atoms with van der Waals surface area (Å²) >= 11 is 4.17. The number of β-lactam (4-membered cyclic amide) rings is 1. The Morgan fingerprint density at radius 2 is 2.26 bits per heavy atom. The molecule has 2 aromatic heterocycles. The van der Waals surface area contributed by atoms with Gasteiger partial charge in [-0.25, -0.2) is 14.8 Å². The number of carbonyl (C=O) groups is 3. The van der Waals surface area contributed by atoms with Gasteiger partial charge >= 0.3 is 5.97 Å². The number of hydrogen-bond donors (Lipinski definition) is 2. The van der Waals surface area contributed by atoms with Crippen molar-refractivity contribution in [3.63, 3.8) is 0 Å². The van der Waals surface area contributed by atoms with Crippen molar-refractivity contribution < 1.29 is 19.5 Å². The third-order valence-corrected chi connectivity index (χ3v) is 7.71. The Bertz CT molecular complexity index is 1080. The Morgan fingerprint density at radius 1 is 1.45 bits per heavy atom. The van der Waals surface area contributed by atoms with Crippen LogP contribution in [0.4, 0.5) is 5.13 Å². The first-order valence-corrected chi connectivity index (χ1v) is 12.0. The van der Waals surface area contributed by atoms with Crippen molar-refractivity contribution >= 4 is 69.3 Å². The molecule has 0 bridgehead atoms. The minimum absolute atomic E-state index is 0.0516. The molecule has 2 aliphatic rings. The van der Waals surface area contributed by atoms with Crippen LogP contribution >= 0.6 is 34.4 Å². The van der Waals surface area contributed by atoms with Crippen molar-refractivity contribution in [3.05, 3.63) is 39.2 Å². The number of rotatable bonds is 7. The van der Waals surface area contributed by atoms with Gasteiger partial charge in [-0.2, -0.15) is 0 Å². The monoisotopic (exact) mass is 477 g/mol. The van der Waals surface area contributed by atoms with Crippen molar-refractivity contribution in [1.82, 2.24) is 20.1 Å².